The zero-order valence-electron chi connectivity index (χ0n) is 15.8. The van der Waals surface area contributed by atoms with E-state index in [2.05, 4.69) is 5.32 Å². The first-order chi connectivity index (χ1) is 13.8. The van der Waals surface area contributed by atoms with Crippen LogP contribution in [0.3, 0.4) is 0 Å². The summed E-state index contributed by atoms with van der Waals surface area (Å²) in [6, 6.07) is 10.8. The minimum atomic E-state index is -4.43. The molecule has 0 aromatic heterocycles. The number of amides is 2. The van der Waals surface area contributed by atoms with Crippen LogP contribution in [0.4, 0.5) is 18.9 Å². The van der Waals surface area contributed by atoms with Gasteiger partial charge in [-0.3, -0.25) is 9.59 Å². The maximum Gasteiger partial charge on any atom is 0.416 e. The lowest BCUT2D eigenvalue weighted by Crippen LogP contribution is -2.36. The third-order valence-corrected chi connectivity index (χ3v) is 5.64. The van der Waals surface area contributed by atoms with Crippen molar-refractivity contribution >= 4 is 17.5 Å². The molecular formula is C22H21F3N2O2. The number of fused-ring (bicyclic) bond motifs is 1. The van der Waals surface area contributed by atoms with Gasteiger partial charge in [0, 0.05) is 18.8 Å². The SMILES string of the molecule is O=C(NCc1cccc(C(F)(F)F)c1)[C@@H]1CCN(c2ccc3c(c2)CCC3)C1=O. The van der Waals surface area contributed by atoms with Crippen LogP contribution in [0.25, 0.3) is 0 Å². The van der Waals surface area contributed by atoms with Crippen molar-refractivity contribution in [3.63, 3.8) is 0 Å². The summed E-state index contributed by atoms with van der Waals surface area (Å²) in [6.07, 6.45) is -0.855. The summed E-state index contributed by atoms with van der Waals surface area (Å²) in [5, 5.41) is 2.61. The smallest absolute Gasteiger partial charge is 0.351 e. The Kier molecular flexibility index (Phi) is 5.06. The Morgan fingerprint density at radius 2 is 1.90 bits per heavy atom. The summed E-state index contributed by atoms with van der Waals surface area (Å²) in [4.78, 5) is 26.9. The molecule has 152 valence electrons. The van der Waals surface area contributed by atoms with E-state index in [9.17, 15) is 22.8 Å². The van der Waals surface area contributed by atoms with Gasteiger partial charge in [-0.1, -0.05) is 18.2 Å². The van der Waals surface area contributed by atoms with Crippen molar-refractivity contribution in [2.24, 2.45) is 5.92 Å². The molecule has 1 heterocycles. The van der Waals surface area contributed by atoms with Crippen LogP contribution in [0.1, 0.15) is 35.1 Å². The van der Waals surface area contributed by atoms with Crippen molar-refractivity contribution in [1.82, 2.24) is 5.32 Å². The van der Waals surface area contributed by atoms with E-state index in [1.165, 1.54) is 23.3 Å². The number of halogens is 3. The Bertz CT molecular complexity index is 955. The molecular weight excluding hydrogens is 381 g/mol. The van der Waals surface area contributed by atoms with Gasteiger partial charge >= 0.3 is 6.18 Å². The molecule has 1 atom stereocenters. The van der Waals surface area contributed by atoms with Gasteiger partial charge in [-0.25, -0.2) is 0 Å². The average molecular weight is 402 g/mol. The van der Waals surface area contributed by atoms with Crippen molar-refractivity contribution in [2.75, 3.05) is 11.4 Å². The minimum Gasteiger partial charge on any atom is -0.351 e. The van der Waals surface area contributed by atoms with Crippen LogP contribution in [0.15, 0.2) is 42.5 Å². The average Bonchev–Trinajstić information content (AvgIpc) is 3.31. The van der Waals surface area contributed by atoms with Gasteiger partial charge in [0.05, 0.1) is 5.56 Å². The summed E-state index contributed by atoms with van der Waals surface area (Å²) >= 11 is 0. The first-order valence-corrected chi connectivity index (χ1v) is 9.70. The highest BCUT2D eigenvalue weighted by Gasteiger charge is 2.38. The topological polar surface area (TPSA) is 49.4 Å². The predicted molar refractivity (Wildman–Crippen MR) is 102 cm³/mol. The number of nitrogens with one attached hydrogen (secondary N) is 1. The maximum absolute atomic E-state index is 12.8. The lowest BCUT2D eigenvalue weighted by atomic mass is 10.1. The third-order valence-electron chi connectivity index (χ3n) is 5.64. The van der Waals surface area contributed by atoms with Crippen LogP contribution in [0.5, 0.6) is 0 Å². The summed E-state index contributed by atoms with van der Waals surface area (Å²) in [7, 11) is 0. The first kappa shape index (κ1) is 19.5. The molecule has 0 unspecified atom stereocenters. The van der Waals surface area contributed by atoms with Crippen molar-refractivity contribution < 1.29 is 22.8 Å². The number of aryl methyl sites for hydroxylation is 2. The Morgan fingerprint density at radius 1 is 1.10 bits per heavy atom. The molecule has 29 heavy (non-hydrogen) atoms. The molecule has 2 aliphatic rings. The van der Waals surface area contributed by atoms with Crippen LogP contribution in [-0.2, 0) is 35.2 Å². The van der Waals surface area contributed by atoms with Crippen molar-refractivity contribution in [3.8, 4) is 0 Å². The van der Waals surface area contributed by atoms with Crippen LogP contribution < -0.4 is 10.2 Å². The van der Waals surface area contributed by atoms with E-state index in [-0.39, 0.29) is 12.5 Å². The monoisotopic (exact) mass is 402 g/mol. The standard InChI is InChI=1S/C22H21F3N2O2/c23-22(24,25)17-6-1-3-14(11-17)13-26-20(28)19-9-10-27(21(19)29)18-8-7-15-4-2-5-16(15)12-18/h1,3,6-8,11-12,19H,2,4-5,9-10,13H2,(H,26,28)/t19-/m0/s1. The van der Waals surface area contributed by atoms with Gasteiger partial charge in [0.1, 0.15) is 5.92 Å². The van der Waals surface area contributed by atoms with Gasteiger partial charge in [-0.15, -0.1) is 0 Å². The molecule has 0 radical (unpaired) electrons. The lowest BCUT2D eigenvalue weighted by molar-refractivity contribution is -0.137. The number of hydrogen-bond acceptors (Lipinski definition) is 2. The van der Waals surface area contributed by atoms with Gasteiger partial charge in [-0.05, 0) is 66.6 Å². The van der Waals surface area contributed by atoms with E-state index < -0.39 is 23.6 Å². The lowest BCUT2D eigenvalue weighted by Gasteiger charge is -2.18. The van der Waals surface area contributed by atoms with Gasteiger partial charge in [0.25, 0.3) is 0 Å². The molecule has 0 spiro atoms. The second-order valence-corrected chi connectivity index (χ2v) is 7.55. The number of hydrogen-bond donors (Lipinski definition) is 1. The molecule has 0 saturated carbocycles. The molecule has 2 amide bonds. The largest absolute Gasteiger partial charge is 0.416 e. The molecule has 7 heteroatoms. The molecule has 1 aliphatic heterocycles. The predicted octanol–water partition coefficient (Wildman–Crippen LogP) is 3.86. The fourth-order valence-electron chi connectivity index (χ4n) is 4.08. The quantitative estimate of drug-likeness (QED) is 0.790. The highest BCUT2D eigenvalue weighted by molar-refractivity contribution is 6.09. The number of benzene rings is 2. The number of carbonyl (C=O) groups excluding carboxylic acids is 2. The molecule has 1 saturated heterocycles. The molecule has 1 fully saturated rings. The Morgan fingerprint density at radius 3 is 2.69 bits per heavy atom. The van der Waals surface area contributed by atoms with Crippen molar-refractivity contribution in [2.45, 2.75) is 38.4 Å². The number of nitrogens with zero attached hydrogens (tertiary/aromatic N) is 1. The molecule has 4 rings (SSSR count). The van der Waals surface area contributed by atoms with Gasteiger partial charge < -0.3 is 10.2 Å². The third kappa shape index (κ3) is 3.99. The Labute approximate surface area is 166 Å². The fraction of sp³-hybridized carbons (Fsp3) is 0.364. The van der Waals surface area contributed by atoms with Gasteiger partial charge in [-0.2, -0.15) is 13.2 Å². The molecule has 4 nitrogen and oxygen atoms in total. The van der Waals surface area contributed by atoms with E-state index in [0.29, 0.717) is 18.5 Å². The van der Waals surface area contributed by atoms with E-state index in [4.69, 9.17) is 0 Å². The maximum atomic E-state index is 12.8. The Balaban J connectivity index is 1.39. The minimum absolute atomic E-state index is 0.0502. The van der Waals surface area contributed by atoms with Crippen LogP contribution in [0, 0.1) is 5.92 Å². The number of alkyl halides is 3. The van der Waals surface area contributed by atoms with Crippen molar-refractivity contribution in [1.29, 1.82) is 0 Å². The van der Waals surface area contributed by atoms with E-state index in [1.54, 1.807) is 4.90 Å². The number of rotatable bonds is 4. The van der Waals surface area contributed by atoms with Crippen LogP contribution in [0.2, 0.25) is 0 Å². The number of anilines is 1. The highest BCUT2D eigenvalue weighted by Crippen LogP contribution is 2.31. The molecule has 0 bridgehead atoms. The van der Waals surface area contributed by atoms with E-state index >= 15 is 0 Å². The molecule has 2 aromatic rings. The van der Waals surface area contributed by atoms with Gasteiger partial charge in [0.2, 0.25) is 11.8 Å². The van der Waals surface area contributed by atoms with Gasteiger partial charge in [0.15, 0.2) is 0 Å². The molecule has 1 aliphatic carbocycles. The Hall–Kier alpha value is -2.83. The summed E-state index contributed by atoms with van der Waals surface area (Å²) < 4.78 is 38.4. The summed E-state index contributed by atoms with van der Waals surface area (Å²) in [5.41, 5.74) is 2.96. The molecule has 2 aromatic carbocycles. The van der Waals surface area contributed by atoms with Crippen LogP contribution >= 0.6 is 0 Å². The second kappa shape index (κ2) is 7.54. The van der Waals surface area contributed by atoms with Crippen LogP contribution in [-0.4, -0.2) is 18.4 Å². The zero-order chi connectivity index (χ0) is 20.6. The first-order valence-electron chi connectivity index (χ1n) is 9.70. The summed E-state index contributed by atoms with van der Waals surface area (Å²) in [5.74, 6) is -1.52. The highest BCUT2D eigenvalue weighted by atomic mass is 19.4. The van der Waals surface area contributed by atoms with E-state index in [1.807, 2.05) is 18.2 Å². The summed E-state index contributed by atoms with van der Waals surface area (Å²) in [6.45, 7) is 0.407. The molecule has 1 N–H and O–H groups in total. The fourth-order valence-corrected chi connectivity index (χ4v) is 4.08. The zero-order valence-corrected chi connectivity index (χ0v) is 15.8. The normalized spacial score (nSPS) is 18.8. The van der Waals surface area contributed by atoms with Crippen molar-refractivity contribution in [3.05, 3.63) is 64.7 Å². The second-order valence-electron chi connectivity index (χ2n) is 7.55. The van der Waals surface area contributed by atoms with E-state index in [0.717, 1.165) is 37.1 Å². The number of carbonyl (C=O) groups is 2.